The Morgan fingerprint density at radius 2 is 1.62 bits per heavy atom. The van der Waals surface area contributed by atoms with Crippen molar-refractivity contribution in [3.05, 3.63) is 42.5 Å². The summed E-state index contributed by atoms with van der Waals surface area (Å²) in [7, 11) is -4.13. The van der Waals surface area contributed by atoms with E-state index in [-0.39, 0.29) is 43.9 Å². The SMILES string of the molecule is O=C[N+]1(S(=O)(=O)c2cccc3ccccc23)CCN(C2(C(F)(F)F)CCC2)CC1. The molecule has 0 atom stereocenters. The van der Waals surface area contributed by atoms with E-state index >= 15 is 0 Å². The quantitative estimate of drug-likeness (QED) is 0.555. The number of fused-ring (bicyclic) bond motifs is 1. The molecule has 2 fully saturated rings. The number of hydrogen-bond donors (Lipinski definition) is 0. The van der Waals surface area contributed by atoms with Gasteiger partial charge < -0.3 is 0 Å². The molecular weight excluding hydrogens is 405 g/mol. The largest absolute Gasteiger partial charge is 0.406 e. The Morgan fingerprint density at radius 1 is 1.00 bits per heavy atom. The minimum atomic E-state index is -4.37. The van der Waals surface area contributed by atoms with Crippen molar-refractivity contribution < 1.29 is 30.3 Å². The van der Waals surface area contributed by atoms with Crippen LogP contribution in [0.5, 0.6) is 0 Å². The summed E-state index contributed by atoms with van der Waals surface area (Å²) >= 11 is 0. The summed E-state index contributed by atoms with van der Waals surface area (Å²) in [5.74, 6) is 0. The topological polar surface area (TPSA) is 54.5 Å². The van der Waals surface area contributed by atoms with Crippen LogP contribution in [0.25, 0.3) is 10.8 Å². The fourth-order valence-electron chi connectivity index (χ4n) is 4.54. The monoisotopic (exact) mass is 427 g/mol. The number of hydrogen-bond acceptors (Lipinski definition) is 4. The summed E-state index contributed by atoms with van der Waals surface area (Å²) in [5, 5.41) is 1.23. The molecule has 0 bridgehead atoms. The third-order valence-electron chi connectivity index (χ3n) is 6.51. The van der Waals surface area contributed by atoms with Crippen molar-refractivity contribution in [1.29, 1.82) is 0 Å². The van der Waals surface area contributed by atoms with E-state index in [4.69, 9.17) is 0 Å². The molecule has 29 heavy (non-hydrogen) atoms. The van der Waals surface area contributed by atoms with Gasteiger partial charge in [-0.05, 0) is 30.7 Å². The molecule has 1 aliphatic carbocycles. The van der Waals surface area contributed by atoms with E-state index in [1.807, 2.05) is 0 Å². The van der Waals surface area contributed by atoms with Crippen molar-refractivity contribution in [2.75, 3.05) is 26.2 Å². The van der Waals surface area contributed by atoms with Crippen molar-refractivity contribution >= 4 is 27.2 Å². The van der Waals surface area contributed by atoms with Gasteiger partial charge in [0.25, 0.3) is 0 Å². The molecule has 1 saturated heterocycles. The van der Waals surface area contributed by atoms with Gasteiger partial charge in [0.15, 0.2) is 0 Å². The summed E-state index contributed by atoms with van der Waals surface area (Å²) in [6.07, 6.45) is -3.46. The predicted molar refractivity (Wildman–Crippen MR) is 101 cm³/mol. The summed E-state index contributed by atoms with van der Waals surface area (Å²) in [6.45, 7) is -0.593. The van der Waals surface area contributed by atoms with Crippen LogP contribution < -0.4 is 0 Å². The van der Waals surface area contributed by atoms with Crippen LogP contribution in [0.15, 0.2) is 47.4 Å². The second-order valence-corrected chi connectivity index (χ2v) is 9.94. The minimum Gasteiger partial charge on any atom is -0.278 e. The lowest BCUT2D eigenvalue weighted by molar-refractivity contribution is -0.726. The average molecular weight is 427 g/mol. The number of halogens is 3. The van der Waals surface area contributed by atoms with Gasteiger partial charge in [-0.15, -0.1) is 0 Å². The van der Waals surface area contributed by atoms with Crippen molar-refractivity contribution in [1.82, 2.24) is 4.90 Å². The molecule has 2 aromatic carbocycles. The normalized spacial score (nSPS) is 22.2. The third kappa shape index (κ3) is 2.90. The number of alkyl halides is 3. The van der Waals surface area contributed by atoms with Gasteiger partial charge in [0, 0.05) is 5.39 Å². The van der Waals surface area contributed by atoms with Crippen LogP contribution in [-0.2, 0) is 14.8 Å². The van der Waals surface area contributed by atoms with E-state index in [0.717, 1.165) is 5.39 Å². The van der Waals surface area contributed by atoms with Gasteiger partial charge >= 0.3 is 22.6 Å². The Hall–Kier alpha value is -1.97. The summed E-state index contributed by atoms with van der Waals surface area (Å²) in [5.41, 5.74) is -1.88. The molecule has 5 nitrogen and oxygen atoms in total. The molecule has 156 valence electrons. The number of rotatable bonds is 4. The molecule has 1 aliphatic heterocycles. The first-order valence-corrected chi connectivity index (χ1v) is 11.0. The molecule has 4 rings (SSSR count). The van der Waals surface area contributed by atoms with Gasteiger partial charge in [-0.25, -0.2) is 4.79 Å². The first kappa shape index (κ1) is 20.3. The molecule has 1 amide bonds. The van der Waals surface area contributed by atoms with E-state index in [1.165, 1.54) is 11.0 Å². The van der Waals surface area contributed by atoms with Gasteiger partial charge in [-0.3, -0.25) is 4.90 Å². The number of nitrogens with zero attached hydrogens (tertiary/aromatic N) is 2. The van der Waals surface area contributed by atoms with Crippen LogP contribution in [0.4, 0.5) is 13.2 Å². The highest BCUT2D eigenvalue weighted by Gasteiger charge is 2.63. The molecule has 1 saturated carbocycles. The average Bonchev–Trinajstić information content (AvgIpc) is 2.66. The Morgan fingerprint density at radius 3 is 2.17 bits per heavy atom. The fraction of sp³-hybridized carbons (Fsp3) is 0.450. The maximum Gasteiger partial charge on any atom is 0.406 e. The highest BCUT2D eigenvalue weighted by Crippen LogP contribution is 2.50. The Balaban J connectivity index is 1.68. The van der Waals surface area contributed by atoms with E-state index in [2.05, 4.69) is 0 Å². The number of piperazine rings is 1. The van der Waals surface area contributed by atoms with Crippen LogP contribution in [0.3, 0.4) is 0 Å². The standard InChI is InChI=1S/C20H22F3N2O3S/c21-20(22,23)19(9-4-10-19)24-11-13-25(15-26,14-12-24)29(27,28)18-8-3-6-16-5-1-2-7-17(16)18/h1-3,5-8,15H,4,9-14H2/q+1. The smallest absolute Gasteiger partial charge is 0.278 e. The van der Waals surface area contributed by atoms with Gasteiger partial charge in [0.2, 0.25) is 0 Å². The van der Waals surface area contributed by atoms with E-state index in [1.54, 1.807) is 36.4 Å². The van der Waals surface area contributed by atoms with E-state index < -0.39 is 25.6 Å². The second-order valence-electron chi connectivity index (χ2n) is 7.83. The molecule has 9 heteroatoms. The number of carbonyl (C=O) groups excluding carboxylic acids is 1. The molecular formula is C20H22F3N2O3S+. The van der Waals surface area contributed by atoms with Gasteiger partial charge in [0.1, 0.15) is 23.5 Å². The first-order chi connectivity index (χ1) is 13.7. The number of quaternary nitrogens is 1. The maximum absolute atomic E-state index is 13.7. The van der Waals surface area contributed by atoms with Crippen LogP contribution in [0, 0.1) is 0 Å². The van der Waals surface area contributed by atoms with Crippen molar-refractivity contribution in [3.8, 4) is 0 Å². The molecule has 0 radical (unpaired) electrons. The summed E-state index contributed by atoms with van der Waals surface area (Å²) < 4.78 is 67.1. The molecule has 2 aliphatic rings. The molecule has 0 spiro atoms. The summed E-state index contributed by atoms with van der Waals surface area (Å²) in [6, 6.07) is 11.8. The molecule has 0 aromatic heterocycles. The zero-order valence-corrected chi connectivity index (χ0v) is 16.5. The lowest BCUT2D eigenvalue weighted by atomic mass is 9.74. The van der Waals surface area contributed by atoms with Crippen LogP contribution >= 0.6 is 0 Å². The van der Waals surface area contributed by atoms with Crippen molar-refractivity contribution in [2.45, 2.75) is 35.9 Å². The van der Waals surface area contributed by atoms with E-state index in [0.29, 0.717) is 18.2 Å². The highest BCUT2D eigenvalue weighted by atomic mass is 32.2. The molecule has 2 aromatic rings. The van der Waals surface area contributed by atoms with Crippen LogP contribution in [0.1, 0.15) is 19.3 Å². The third-order valence-corrected chi connectivity index (χ3v) is 8.83. The zero-order chi connectivity index (χ0) is 20.9. The predicted octanol–water partition coefficient (Wildman–Crippen LogP) is 3.30. The fourth-order valence-corrected chi connectivity index (χ4v) is 6.40. The lowest BCUT2D eigenvalue weighted by Crippen LogP contribution is -2.70. The van der Waals surface area contributed by atoms with Gasteiger partial charge in [-0.2, -0.15) is 25.5 Å². The van der Waals surface area contributed by atoms with Crippen LogP contribution in [-0.4, -0.2) is 61.5 Å². The Bertz CT molecular complexity index is 1040. The van der Waals surface area contributed by atoms with E-state index in [9.17, 15) is 26.4 Å². The van der Waals surface area contributed by atoms with Gasteiger partial charge in [-0.1, -0.05) is 36.4 Å². The lowest BCUT2D eigenvalue weighted by Gasteiger charge is -2.53. The molecule has 1 heterocycles. The second kappa shape index (κ2) is 6.78. The minimum absolute atomic E-state index is 0.0215. The highest BCUT2D eigenvalue weighted by molar-refractivity contribution is 7.86. The zero-order valence-electron chi connectivity index (χ0n) is 15.7. The Labute approximate surface area is 167 Å². The Kier molecular flexibility index (Phi) is 4.75. The number of carbonyl (C=O) groups is 1. The first-order valence-electron chi connectivity index (χ1n) is 9.55. The van der Waals surface area contributed by atoms with Crippen LogP contribution in [0.2, 0.25) is 0 Å². The number of amides is 1. The molecule has 0 unspecified atom stereocenters. The van der Waals surface area contributed by atoms with Crippen molar-refractivity contribution in [2.24, 2.45) is 0 Å². The van der Waals surface area contributed by atoms with Crippen molar-refractivity contribution in [3.63, 3.8) is 0 Å². The maximum atomic E-state index is 13.7. The molecule has 0 N–H and O–H groups in total. The van der Waals surface area contributed by atoms with Gasteiger partial charge in [0.05, 0.1) is 13.1 Å². The summed E-state index contributed by atoms with van der Waals surface area (Å²) in [4.78, 5) is 13.4. The number of benzene rings is 2. The number of sulfonamides is 1.